The summed E-state index contributed by atoms with van der Waals surface area (Å²) in [5.41, 5.74) is 1.08. The van der Waals surface area contributed by atoms with E-state index in [2.05, 4.69) is 27.0 Å². The maximum atomic E-state index is 5.73. The van der Waals surface area contributed by atoms with Crippen LogP contribution < -0.4 is 0 Å². The Morgan fingerprint density at radius 2 is 2.08 bits per heavy atom. The van der Waals surface area contributed by atoms with Gasteiger partial charge >= 0.3 is 0 Å². The van der Waals surface area contributed by atoms with Gasteiger partial charge in [0.05, 0.1) is 0 Å². The van der Waals surface area contributed by atoms with E-state index < -0.39 is 0 Å². The maximum absolute atomic E-state index is 5.73. The zero-order valence-corrected chi connectivity index (χ0v) is 8.34. The fourth-order valence-corrected chi connectivity index (χ4v) is 1.41. The molecule has 1 aliphatic heterocycles. The molecule has 0 amide bonds. The minimum absolute atomic E-state index is 0.0929. The molecule has 0 fully saturated rings. The Labute approximate surface area is 80.1 Å². The standard InChI is InChI=1S/C12H16O/c1-5-7-8-11-10(6-2)9-12(3,4)13-11/h5-8H,1-2,9H2,3-4H3/b8-7-. The summed E-state index contributed by atoms with van der Waals surface area (Å²) in [5, 5.41) is 0. The first-order valence-electron chi connectivity index (χ1n) is 4.43. The van der Waals surface area contributed by atoms with E-state index >= 15 is 0 Å². The Kier molecular flexibility index (Phi) is 2.76. The fourth-order valence-electron chi connectivity index (χ4n) is 1.41. The van der Waals surface area contributed by atoms with Crippen molar-refractivity contribution >= 4 is 0 Å². The molecule has 0 aliphatic carbocycles. The summed E-state index contributed by atoms with van der Waals surface area (Å²) in [6.07, 6.45) is 8.33. The van der Waals surface area contributed by atoms with Gasteiger partial charge in [0.25, 0.3) is 0 Å². The molecular formula is C12H16O. The molecule has 1 nitrogen and oxygen atoms in total. The molecule has 0 saturated carbocycles. The molecule has 0 saturated heterocycles. The molecule has 0 bridgehead atoms. The van der Waals surface area contributed by atoms with Gasteiger partial charge in [0.15, 0.2) is 0 Å². The Morgan fingerprint density at radius 3 is 2.62 bits per heavy atom. The molecule has 0 aromatic rings. The minimum Gasteiger partial charge on any atom is -0.487 e. The largest absolute Gasteiger partial charge is 0.487 e. The van der Waals surface area contributed by atoms with Gasteiger partial charge in [-0.15, -0.1) is 0 Å². The lowest BCUT2D eigenvalue weighted by molar-refractivity contribution is 0.0683. The summed E-state index contributed by atoms with van der Waals surface area (Å²) in [4.78, 5) is 0. The lowest BCUT2D eigenvalue weighted by atomic mass is 10.0. The molecule has 0 aromatic carbocycles. The quantitative estimate of drug-likeness (QED) is 0.599. The van der Waals surface area contributed by atoms with Crippen LogP contribution in [0.25, 0.3) is 0 Å². The molecule has 0 radical (unpaired) electrons. The number of rotatable bonds is 3. The Balaban J connectivity index is 2.86. The van der Waals surface area contributed by atoms with E-state index in [1.54, 1.807) is 6.08 Å². The van der Waals surface area contributed by atoms with E-state index in [1.807, 2.05) is 18.2 Å². The third-order valence-electron chi connectivity index (χ3n) is 1.95. The lowest BCUT2D eigenvalue weighted by Crippen LogP contribution is -2.17. The second-order valence-electron chi connectivity index (χ2n) is 3.73. The van der Waals surface area contributed by atoms with Crippen molar-refractivity contribution in [3.05, 3.63) is 48.8 Å². The number of hydrogen-bond donors (Lipinski definition) is 0. The molecule has 0 N–H and O–H groups in total. The first kappa shape index (κ1) is 9.85. The van der Waals surface area contributed by atoms with Crippen molar-refractivity contribution in [3.63, 3.8) is 0 Å². The van der Waals surface area contributed by atoms with Crippen LogP contribution in [-0.4, -0.2) is 5.60 Å². The van der Waals surface area contributed by atoms with Gasteiger partial charge in [0, 0.05) is 6.42 Å². The van der Waals surface area contributed by atoms with Gasteiger partial charge in [0.2, 0.25) is 0 Å². The highest BCUT2D eigenvalue weighted by atomic mass is 16.5. The summed E-state index contributed by atoms with van der Waals surface area (Å²) < 4.78 is 5.73. The van der Waals surface area contributed by atoms with Crippen LogP contribution in [-0.2, 0) is 4.74 Å². The normalized spacial score (nSPS) is 20.5. The summed E-state index contributed by atoms with van der Waals surface area (Å²) in [6, 6.07) is 0. The van der Waals surface area contributed by atoms with E-state index in [4.69, 9.17) is 4.74 Å². The Bertz CT molecular complexity index is 279. The van der Waals surface area contributed by atoms with Crippen LogP contribution in [0.3, 0.4) is 0 Å². The summed E-state index contributed by atoms with van der Waals surface area (Å²) in [6.45, 7) is 11.5. The maximum Gasteiger partial charge on any atom is 0.123 e. The van der Waals surface area contributed by atoms with Gasteiger partial charge < -0.3 is 4.74 Å². The fraction of sp³-hybridized carbons (Fsp3) is 0.333. The minimum atomic E-state index is -0.0929. The predicted octanol–water partition coefficient (Wildman–Crippen LogP) is 3.37. The first-order valence-corrected chi connectivity index (χ1v) is 4.43. The van der Waals surface area contributed by atoms with Crippen LogP contribution in [0.2, 0.25) is 0 Å². The molecule has 1 rings (SSSR count). The van der Waals surface area contributed by atoms with Crippen LogP contribution in [0, 0.1) is 0 Å². The van der Waals surface area contributed by atoms with E-state index in [0.29, 0.717) is 0 Å². The summed E-state index contributed by atoms with van der Waals surface area (Å²) >= 11 is 0. The van der Waals surface area contributed by atoms with E-state index in [0.717, 1.165) is 12.2 Å². The van der Waals surface area contributed by atoms with Crippen molar-refractivity contribution in [1.82, 2.24) is 0 Å². The molecule has 0 unspecified atom stereocenters. The molecule has 0 spiro atoms. The third kappa shape index (κ3) is 2.35. The van der Waals surface area contributed by atoms with Crippen molar-refractivity contribution in [1.29, 1.82) is 0 Å². The van der Waals surface area contributed by atoms with Crippen molar-refractivity contribution in [2.24, 2.45) is 0 Å². The monoisotopic (exact) mass is 176 g/mol. The van der Waals surface area contributed by atoms with Crippen LogP contribution in [0.5, 0.6) is 0 Å². The zero-order chi connectivity index (χ0) is 9.90. The van der Waals surface area contributed by atoms with Gasteiger partial charge in [-0.25, -0.2) is 0 Å². The van der Waals surface area contributed by atoms with Gasteiger partial charge in [-0.05, 0) is 25.5 Å². The smallest absolute Gasteiger partial charge is 0.123 e. The predicted molar refractivity (Wildman–Crippen MR) is 56.3 cm³/mol. The number of ether oxygens (including phenoxy) is 1. The van der Waals surface area contributed by atoms with Gasteiger partial charge in [-0.1, -0.05) is 31.4 Å². The average Bonchev–Trinajstić information content (AvgIpc) is 2.37. The highest BCUT2D eigenvalue weighted by Crippen LogP contribution is 2.34. The van der Waals surface area contributed by atoms with Crippen LogP contribution >= 0.6 is 0 Å². The first-order chi connectivity index (χ1) is 6.09. The highest BCUT2D eigenvalue weighted by Gasteiger charge is 2.29. The van der Waals surface area contributed by atoms with Gasteiger partial charge in [-0.2, -0.15) is 0 Å². The second kappa shape index (κ2) is 3.65. The second-order valence-corrected chi connectivity index (χ2v) is 3.73. The average molecular weight is 176 g/mol. The van der Waals surface area contributed by atoms with Crippen LogP contribution in [0.4, 0.5) is 0 Å². The molecule has 70 valence electrons. The third-order valence-corrected chi connectivity index (χ3v) is 1.95. The van der Waals surface area contributed by atoms with Gasteiger partial charge in [0.1, 0.15) is 11.4 Å². The van der Waals surface area contributed by atoms with Crippen LogP contribution in [0.15, 0.2) is 48.8 Å². The van der Waals surface area contributed by atoms with Crippen molar-refractivity contribution in [2.45, 2.75) is 25.9 Å². The zero-order valence-electron chi connectivity index (χ0n) is 8.34. The van der Waals surface area contributed by atoms with E-state index in [-0.39, 0.29) is 5.60 Å². The Morgan fingerprint density at radius 1 is 1.38 bits per heavy atom. The molecule has 0 aromatic heterocycles. The van der Waals surface area contributed by atoms with Crippen molar-refractivity contribution in [3.8, 4) is 0 Å². The number of allylic oxidation sites excluding steroid dienone is 4. The number of hydrogen-bond acceptors (Lipinski definition) is 1. The molecular weight excluding hydrogens is 160 g/mol. The molecule has 1 heteroatoms. The molecule has 0 atom stereocenters. The molecule has 1 aliphatic rings. The van der Waals surface area contributed by atoms with Crippen LogP contribution in [0.1, 0.15) is 20.3 Å². The molecule has 13 heavy (non-hydrogen) atoms. The SMILES string of the molecule is C=C/C=C\C1=C(C=C)CC(C)(C)O1. The van der Waals surface area contributed by atoms with E-state index in [1.165, 1.54) is 5.57 Å². The van der Waals surface area contributed by atoms with Crippen molar-refractivity contribution in [2.75, 3.05) is 0 Å². The highest BCUT2D eigenvalue weighted by molar-refractivity contribution is 5.34. The van der Waals surface area contributed by atoms with E-state index in [9.17, 15) is 0 Å². The molecule has 1 heterocycles. The topological polar surface area (TPSA) is 9.23 Å². The summed E-state index contributed by atoms with van der Waals surface area (Å²) in [5.74, 6) is 0.917. The van der Waals surface area contributed by atoms with Crippen molar-refractivity contribution < 1.29 is 4.74 Å². The Hall–Kier alpha value is -1.24. The lowest BCUT2D eigenvalue weighted by Gasteiger charge is -2.18. The summed E-state index contributed by atoms with van der Waals surface area (Å²) in [7, 11) is 0. The van der Waals surface area contributed by atoms with Gasteiger partial charge in [-0.3, -0.25) is 0 Å².